The molecule has 1 heterocycles. The highest BCUT2D eigenvalue weighted by Crippen LogP contribution is 2.26. The van der Waals surface area contributed by atoms with Crippen LogP contribution in [0.3, 0.4) is 0 Å². The number of fused-ring (bicyclic) bond motifs is 1. The summed E-state index contributed by atoms with van der Waals surface area (Å²) in [5.74, 6) is -0.124. The van der Waals surface area contributed by atoms with Crippen LogP contribution in [0.5, 0.6) is 0 Å². The number of nitrogen functional groups attached to an aromatic ring is 1. The lowest BCUT2D eigenvalue weighted by Crippen LogP contribution is -2.18. The van der Waals surface area contributed by atoms with Gasteiger partial charge in [-0.05, 0) is 61.7 Å². The number of imidazole rings is 1. The van der Waals surface area contributed by atoms with Crippen LogP contribution in [0.15, 0.2) is 36.4 Å². The second-order valence-corrected chi connectivity index (χ2v) is 6.26. The molecule has 124 valence electrons. The quantitative estimate of drug-likeness (QED) is 0.720. The summed E-state index contributed by atoms with van der Waals surface area (Å²) in [6, 6.07) is 10.9. The minimum atomic E-state index is -0.869. The fourth-order valence-electron chi connectivity index (χ4n) is 2.89. The predicted molar refractivity (Wildman–Crippen MR) is 95.2 cm³/mol. The Hall–Kier alpha value is -2.82. The van der Waals surface area contributed by atoms with Gasteiger partial charge >= 0.3 is 5.97 Å². The molecule has 1 atom stereocenters. The first-order chi connectivity index (χ1) is 11.4. The lowest BCUT2D eigenvalue weighted by molar-refractivity contribution is -0.140. The van der Waals surface area contributed by atoms with Crippen molar-refractivity contribution in [3.8, 4) is 0 Å². The topological polar surface area (TPSA) is 81.1 Å². The van der Waals surface area contributed by atoms with Crippen molar-refractivity contribution in [3.63, 3.8) is 0 Å². The van der Waals surface area contributed by atoms with Crippen molar-refractivity contribution in [2.75, 3.05) is 5.73 Å². The van der Waals surface area contributed by atoms with Crippen LogP contribution in [-0.4, -0.2) is 20.6 Å². The zero-order valence-corrected chi connectivity index (χ0v) is 14.1. The zero-order chi connectivity index (χ0) is 17.4. The van der Waals surface area contributed by atoms with Crippen molar-refractivity contribution in [2.24, 2.45) is 0 Å². The van der Waals surface area contributed by atoms with E-state index in [1.54, 1.807) is 6.92 Å². The van der Waals surface area contributed by atoms with E-state index in [1.807, 2.05) is 54.8 Å². The van der Waals surface area contributed by atoms with Crippen molar-refractivity contribution < 1.29 is 9.90 Å². The van der Waals surface area contributed by atoms with E-state index in [1.165, 1.54) is 0 Å². The fraction of sp³-hybridized carbons (Fsp3) is 0.263. The molecule has 3 aromatic rings. The van der Waals surface area contributed by atoms with Crippen LogP contribution in [0.4, 0.5) is 5.69 Å². The van der Waals surface area contributed by atoms with Gasteiger partial charge < -0.3 is 15.4 Å². The Morgan fingerprint density at radius 2 is 1.83 bits per heavy atom. The molecule has 0 aliphatic carbocycles. The summed E-state index contributed by atoms with van der Waals surface area (Å²) in [4.78, 5) is 16.3. The lowest BCUT2D eigenvalue weighted by Gasteiger charge is -2.14. The molecule has 0 amide bonds. The van der Waals surface area contributed by atoms with Crippen LogP contribution in [-0.2, 0) is 11.2 Å². The first kappa shape index (κ1) is 16.1. The van der Waals surface area contributed by atoms with Crippen molar-refractivity contribution in [2.45, 2.75) is 33.2 Å². The average molecular weight is 323 g/mol. The number of nitrogens with two attached hydrogens (primary N) is 1. The van der Waals surface area contributed by atoms with Gasteiger partial charge in [0.1, 0.15) is 11.9 Å². The summed E-state index contributed by atoms with van der Waals surface area (Å²) < 4.78 is 1.82. The maximum Gasteiger partial charge on any atom is 0.326 e. The Labute approximate surface area is 140 Å². The number of hydrogen-bond donors (Lipinski definition) is 2. The number of carboxylic acid groups (broad SMARTS) is 1. The second kappa shape index (κ2) is 6.00. The molecule has 5 heteroatoms. The molecule has 3 rings (SSSR count). The Bertz CT molecular complexity index is 911. The number of aromatic nitrogens is 2. The summed E-state index contributed by atoms with van der Waals surface area (Å²) >= 11 is 0. The van der Waals surface area contributed by atoms with Crippen LogP contribution in [0, 0.1) is 13.8 Å². The van der Waals surface area contributed by atoms with Gasteiger partial charge in [-0.15, -0.1) is 0 Å². The third kappa shape index (κ3) is 2.85. The molecule has 24 heavy (non-hydrogen) atoms. The van der Waals surface area contributed by atoms with Gasteiger partial charge in [-0.3, -0.25) is 0 Å². The summed E-state index contributed by atoms with van der Waals surface area (Å²) in [6.07, 6.45) is 0.560. The highest BCUT2D eigenvalue weighted by Gasteiger charge is 2.21. The minimum Gasteiger partial charge on any atom is -0.480 e. The number of aliphatic carboxylic acids is 1. The van der Waals surface area contributed by atoms with Crippen LogP contribution in [0.25, 0.3) is 11.0 Å². The van der Waals surface area contributed by atoms with E-state index in [-0.39, 0.29) is 0 Å². The number of rotatable bonds is 4. The number of hydrogen-bond acceptors (Lipinski definition) is 3. The first-order valence-electron chi connectivity index (χ1n) is 7.92. The van der Waals surface area contributed by atoms with E-state index in [9.17, 15) is 9.90 Å². The smallest absolute Gasteiger partial charge is 0.326 e. The van der Waals surface area contributed by atoms with Gasteiger partial charge in [0.25, 0.3) is 0 Å². The number of carboxylic acids is 1. The predicted octanol–water partition coefficient (Wildman–Crippen LogP) is 3.47. The van der Waals surface area contributed by atoms with Crippen molar-refractivity contribution in [1.29, 1.82) is 0 Å². The maximum absolute atomic E-state index is 11.6. The monoisotopic (exact) mass is 323 g/mol. The van der Waals surface area contributed by atoms with Gasteiger partial charge in [-0.25, -0.2) is 9.78 Å². The molecule has 0 spiro atoms. The Kier molecular flexibility index (Phi) is 4.01. The highest BCUT2D eigenvalue weighted by atomic mass is 16.4. The molecule has 0 fully saturated rings. The molecule has 0 aliphatic rings. The van der Waals surface area contributed by atoms with Crippen LogP contribution >= 0.6 is 0 Å². The molecular weight excluding hydrogens is 302 g/mol. The van der Waals surface area contributed by atoms with Gasteiger partial charge in [-0.1, -0.05) is 12.1 Å². The lowest BCUT2D eigenvalue weighted by atomic mass is 10.1. The molecule has 3 N–H and O–H groups in total. The Morgan fingerprint density at radius 3 is 2.46 bits per heavy atom. The van der Waals surface area contributed by atoms with Gasteiger partial charge in [-0.2, -0.15) is 0 Å². The van der Waals surface area contributed by atoms with Crippen LogP contribution in [0.1, 0.15) is 35.5 Å². The molecule has 0 radical (unpaired) electrons. The van der Waals surface area contributed by atoms with Crippen molar-refractivity contribution in [1.82, 2.24) is 9.55 Å². The minimum absolute atomic E-state index is 0.560. The van der Waals surface area contributed by atoms with E-state index in [0.717, 1.165) is 33.5 Å². The molecule has 0 saturated carbocycles. The van der Waals surface area contributed by atoms with Crippen LogP contribution < -0.4 is 5.73 Å². The van der Waals surface area contributed by atoms with Crippen LogP contribution in [0.2, 0.25) is 0 Å². The van der Waals surface area contributed by atoms with Gasteiger partial charge in [0.2, 0.25) is 0 Å². The second-order valence-electron chi connectivity index (χ2n) is 6.26. The third-order valence-electron chi connectivity index (χ3n) is 4.46. The average Bonchev–Trinajstić information content (AvgIpc) is 2.86. The van der Waals surface area contributed by atoms with E-state index in [0.29, 0.717) is 12.1 Å². The SMILES string of the molecule is Cc1cc2nc(Cc3ccc(N)cc3)n(C(C)C(=O)O)c2cc1C. The molecule has 0 saturated heterocycles. The van der Waals surface area contributed by atoms with E-state index < -0.39 is 12.0 Å². The largest absolute Gasteiger partial charge is 0.480 e. The Balaban J connectivity index is 2.16. The normalized spacial score (nSPS) is 12.5. The Morgan fingerprint density at radius 1 is 1.21 bits per heavy atom. The number of carbonyl (C=O) groups is 1. The maximum atomic E-state index is 11.6. The summed E-state index contributed by atoms with van der Waals surface area (Å²) in [6.45, 7) is 5.75. The van der Waals surface area contributed by atoms with Gasteiger partial charge in [0.15, 0.2) is 0 Å². The highest BCUT2D eigenvalue weighted by molar-refractivity contribution is 5.81. The molecular formula is C19H21N3O2. The van der Waals surface area contributed by atoms with Gasteiger partial charge in [0.05, 0.1) is 11.0 Å². The molecule has 0 aliphatic heterocycles. The standard InChI is InChI=1S/C19H21N3O2/c1-11-8-16-17(9-12(11)2)22(13(3)19(23)24)18(21-16)10-14-4-6-15(20)7-5-14/h4-9,13H,10,20H2,1-3H3,(H,23,24). The third-order valence-corrected chi connectivity index (χ3v) is 4.46. The summed E-state index contributed by atoms with van der Waals surface area (Å²) in [5.41, 5.74) is 11.5. The molecule has 2 aromatic carbocycles. The van der Waals surface area contributed by atoms with E-state index in [4.69, 9.17) is 10.7 Å². The summed E-state index contributed by atoms with van der Waals surface area (Å²) in [5, 5.41) is 9.50. The number of nitrogens with zero attached hydrogens (tertiary/aromatic N) is 2. The van der Waals surface area contributed by atoms with Gasteiger partial charge in [0, 0.05) is 12.1 Å². The first-order valence-corrected chi connectivity index (χ1v) is 7.92. The number of anilines is 1. The molecule has 5 nitrogen and oxygen atoms in total. The zero-order valence-electron chi connectivity index (χ0n) is 14.1. The number of benzene rings is 2. The number of aryl methyl sites for hydroxylation is 2. The van der Waals surface area contributed by atoms with E-state index >= 15 is 0 Å². The molecule has 1 unspecified atom stereocenters. The van der Waals surface area contributed by atoms with Crippen molar-refractivity contribution in [3.05, 3.63) is 58.9 Å². The van der Waals surface area contributed by atoms with Crippen molar-refractivity contribution >= 4 is 22.7 Å². The van der Waals surface area contributed by atoms with E-state index in [2.05, 4.69) is 0 Å². The summed E-state index contributed by atoms with van der Waals surface area (Å²) in [7, 11) is 0. The molecule has 0 bridgehead atoms. The fourth-order valence-corrected chi connectivity index (χ4v) is 2.89. The molecule has 1 aromatic heterocycles.